The zero-order valence-electron chi connectivity index (χ0n) is 10.9. The summed E-state index contributed by atoms with van der Waals surface area (Å²) >= 11 is 0. The van der Waals surface area contributed by atoms with Gasteiger partial charge in [0.2, 0.25) is 0 Å². The lowest BCUT2D eigenvalue weighted by molar-refractivity contribution is 0.0972. The minimum absolute atomic E-state index is 0.0759. The van der Waals surface area contributed by atoms with E-state index in [1.165, 1.54) is 0 Å². The number of benzene rings is 1. The maximum atomic E-state index is 11.9. The zero-order valence-corrected chi connectivity index (χ0v) is 10.9. The Morgan fingerprint density at radius 1 is 1.32 bits per heavy atom. The highest BCUT2D eigenvalue weighted by Gasteiger charge is 2.21. The van der Waals surface area contributed by atoms with E-state index < -0.39 is 0 Å². The molecule has 1 aliphatic heterocycles. The van der Waals surface area contributed by atoms with Crippen LogP contribution in [0, 0.1) is 17.2 Å². The van der Waals surface area contributed by atoms with Gasteiger partial charge in [-0.15, -0.1) is 0 Å². The molecule has 100 valence electrons. The van der Waals surface area contributed by atoms with Crippen LogP contribution in [0.1, 0.15) is 24.8 Å². The molecule has 1 amide bonds. The van der Waals surface area contributed by atoms with Gasteiger partial charge >= 0.3 is 6.09 Å². The Balaban J connectivity index is 1.81. The second-order valence-electron chi connectivity index (χ2n) is 4.78. The van der Waals surface area contributed by atoms with Crippen molar-refractivity contribution in [2.45, 2.75) is 25.9 Å². The number of ether oxygens (including phenoxy) is 1. The number of nitrogens with zero attached hydrogens (tertiary/aromatic N) is 2. The lowest BCUT2D eigenvalue weighted by Crippen LogP contribution is -2.32. The van der Waals surface area contributed by atoms with Crippen molar-refractivity contribution in [3.05, 3.63) is 35.9 Å². The summed E-state index contributed by atoms with van der Waals surface area (Å²) in [5.41, 5.74) is 0.987. The van der Waals surface area contributed by atoms with E-state index in [0.29, 0.717) is 19.7 Å². The summed E-state index contributed by atoms with van der Waals surface area (Å²) in [6.45, 7) is 1.61. The highest BCUT2D eigenvalue weighted by molar-refractivity contribution is 5.67. The fourth-order valence-corrected chi connectivity index (χ4v) is 2.22. The van der Waals surface area contributed by atoms with Crippen LogP contribution in [0.5, 0.6) is 0 Å². The molecule has 19 heavy (non-hydrogen) atoms. The van der Waals surface area contributed by atoms with E-state index in [2.05, 4.69) is 6.07 Å². The van der Waals surface area contributed by atoms with Crippen molar-refractivity contribution in [1.82, 2.24) is 4.90 Å². The molecule has 0 bridgehead atoms. The summed E-state index contributed by atoms with van der Waals surface area (Å²) in [7, 11) is 0. The van der Waals surface area contributed by atoms with Crippen molar-refractivity contribution in [3.63, 3.8) is 0 Å². The van der Waals surface area contributed by atoms with Gasteiger partial charge in [-0.1, -0.05) is 30.3 Å². The highest BCUT2D eigenvalue weighted by Crippen LogP contribution is 2.17. The van der Waals surface area contributed by atoms with E-state index >= 15 is 0 Å². The molecule has 1 aromatic carbocycles. The summed E-state index contributed by atoms with van der Waals surface area (Å²) in [4.78, 5) is 13.6. The molecule has 2 rings (SSSR count). The average molecular weight is 258 g/mol. The molecule has 0 spiro atoms. The third kappa shape index (κ3) is 3.99. The zero-order chi connectivity index (χ0) is 13.5. The quantitative estimate of drug-likeness (QED) is 0.819. The van der Waals surface area contributed by atoms with Crippen LogP contribution < -0.4 is 0 Å². The van der Waals surface area contributed by atoms with Crippen molar-refractivity contribution >= 4 is 6.09 Å². The van der Waals surface area contributed by atoms with E-state index in [0.717, 1.165) is 24.8 Å². The van der Waals surface area contributed by atoms with E-state index in [9.17, 15) is 4.79 Å². The van der Waals surface area contributed by atoms with Crippen LogP contribution in [0.2, 0.25) is 0 Å². The predicted octanol–water partition coefficient (Wildman–Crippen LogP) is 2.95. The van der Waals surface area contributed by atoms with Crippen LogP contribution in [0.25, 0.3) is 0 Å². The van der Waals surface area contributed by atoms with Crippen molar-refractivity contribution < 1.29 is 9.53 Å². The molecule has 1 fully saturated rings. The Hall–Kier alpha value is -2.02. The number of hydrogen-bond donors (Lipinski definition) is 0. The predicted molar refractivity (Wildman–Crippen MR) is 71.2 cm³/mol. The van der Waals surface area contributed by atoms with E-state index in [-0.39, 0.29) is 12.0 Å². The molecule has 4 nitrogen and oxygen atoms in total. The first-order chi connectivity index (χ1) is 9.29. The van der Waals surface area contributed by atoms with Gasteiger partial charge in [-0.2, -0.15) is 5.26 Å². The van der Waals surface area contributed by atoms with Crippen LogP contribution in [0.15, 0.2) is 30.3 Å². The Morgan fingerprint density at radius 3 is 2.84 bits per heavy atom. The first kappa shape index (κ1) is 13.4. The fourth-order valence-electron chi connectivity index (χ4n) is 2.22. The number of likely N-dealkylation sites (tertiary alicyclic amines) is 1. The highest BCUT2D eigenvalue weighted by atomic mass is 16.6. The Labute approximate surface area is 113 Å². The van der Waals surface area contributed by atoms with Gasteiger partial charge < -0.3 is 9.64 Å². The number of hydrogen-bond acceptors (Lipinski definition) is 3. The van der Waals surface area contributed by atoms with Crippen LogP contribution in [0.3, 0.4) is 0 Å². The third-order valence-corrected chi connectivity index (χ3v) is 3.37. The molecule has 0 saturated carbocycles. The lowest BCUT2D eigenvalue weighted by Gasteiger charge is -2.19. The fraction of sp³-hybridized carbons (Fsp3) is 0.467. The van der Waals surface area contributed by atoms with Crippen molar-refractivity contribution in [2.75, 3.05) is 13.1 Å². The largest absolute Gasteiger partial charge is 0.445 e. The standard InChI is InChI=1S/C15H18N2O2/c16-11-13-7-4-9-17(10-8-13)15(18)19-12-14-5-2-1-3-6-14/h1-3,5-6,13H,4,7-10,12H2. The third-order valence-electron chi connectivity index (χ3n) is 3.37. The minimum Gasteiger partial charge on any atom is -0.445 e. The average Bonchev–Trinajstić information content (AvgIpc) is 2.71. The van der Waals surface area contributed by atoms with Gasteiger partial charge in [-0.05, 0) is 24.8 Å². The van der Waals surface area contributed by atoms with Crippen molar-refractivity contribution in [1.29, 1.82) is 5.26 Å². The second-order valence-corrected chi connectivity index (χ2v) is 4.78. The van der Waals surface area contributed by atoms with Gasteiger partial charge in [0.25, 0.3) is 0 Å². The number of amides is 1. The first-order valence-electron chi connectivity index (χ1n) is 6.65. The van der Waals surface area contributed by atoms with Gasteiger partial charge in [0, 0.05) is 19.0 Å². The molecule has 0 aliphatic carbocycles. The number of carbonyl (C=O) groups excluding carboxylic acids is 1. The smallest absolute Gasteiger partial charge is 0.410 e. The van der Waals surface area contributed by atoms with Gasteiger partial charge in [-0.25, -0.2) is 4.79 Å². The molecule has 1 atom stereocenters. The van der Waals surface area contributed by atoms with E-state index in [1.54, 1.807) is 4.90 Å². The summed E-state index contributed by atoms with van der Waals surface area (Å²) in [5.74, 6) is 0.0759. The first-order valence-corrected chi connectivity index (χ1v) is 6.65. The van der Waals surface area contributed by atoms with Gasteiger partial charge in [0.05, 0.1) is 6.07 Å². The summed E-state index contributed by atoms with van der Waals surface area (Å²) in [6.07, 6.45) is 2.22. The molecule has 4 heteroatoms. The van der Waals surface area contributed by atoms with Gasteiger partial charge in [0.15, 0.2) is 0 Å². The van der Waals surface area contributed by atoms with Crippen LogP contribution in [0.4, 0.5) is 4.79 Å². The topological polar surface area (TPSA) is 53.3 Å². The normalized spacial score (nSPS) is 19.3. The molecule has 1 aliphatic rings. The SMILES string of the molecule is N#CC1CCCN(C(=O)OCc2ccccc2)CC1. The molecule has 0 N–H and O–H groups in total. The number of rotatable bonds is 2. The molecule has 0 aromatic heterocycles. The van der Waals surface area contributed by atoms with E-state index in [1.807, 2.05) is 30.3 Å². The van der Waals surface area contributed by atoms with Crippen molar-refractivity contribution in [3.8, 4) is 6.07 Å². The molecule has 1 saturated heterocycles. The molecule has 0 radical (unpaired) electrons. The maximum absolute atomic E-state index is 11.9. The van der Waals surface area contributed by atoms with Crippen LogP contribution in [-0.4, -0.2) is 24.1 Å². The molecule has 1 heterocycles. The second kappa shape index (κ2) is 6.79. The van der Waals surface area contributed by atoms with E-state index in [4.69, 9.17) is 10.00 Å². The summed E-state index contributed by atoms with van der Waals surface area (Å²) in [5, 5.41) is 8.91. The number of carbonyl (C=O) groups is 1. The molecule has 1 unspecified atom stereocenters. The van der Waals surface area contributed by atoms with Gasteiger partial charge in [-0.3, -0.25) is 0 Å². The Kier molecular flexibility index (Phi) is 4.79. The minimum atomic E-state index is -0.276. The lowest BCUT2D eigenvalue weighted by atomic mass is 10.0. The van der Waals surface area contributed by atoms with Crippen molar-refractivity contribution in [2.24, 2.45) is 5.92 Å². The van der Waals surface area contributed by atoms with Crippen LogP contribution in [-0.2, 0) is 11.3 Å². The molecular formula is C15H18N2O2. The maximum Gasteiger partial charge on any atom is 0.410 e. The Morgan fingerprint density at radius 2 is 2.11 bits per heavy atom. The van der Waals surface area contributed by atoms with Crippen LogP contribution >= 0.6 is 0 Å². The monoisotopic (exact) mass is 258 g/mol. The van der Waals surface area contributed by atoms with Gasteiger partial charge in [0.1, 0.15) is 6.61 Å². The number of nitriles is 1. The summed E-state index contributed by atoms with van der Waals surface area (Å²) in [6, 6.07) is 11.9. The Bertz CT molecular complexity index is 453. The summed E-state index contributed by atoms with van der Waals surface area (Å²) < 4.78 is 5.30. The molecular weight excluding hydrogens is 240 g/mol. The molecule has 1 aromatic rings.